The van der Waals surface area contributed by atoms with Gasteiger partial charge in [-0.2, -0.15) is 0 Å². The van der Waals surface area contributed by atoms with Crippen LogP contribution < -0.4 is 10.1 Å². The van der Waals surface area contributed by atoms with Crippen molar-refractivity contribution in [1.29, 1.82) is 0 Å². The molecule has 0 aliphatic carbocycles. The molecule has 2 aromatic carbocycles. The molecule has 0 saturated carbocycles. The van der Waals surface area contributed by atoms with E-state index in [1.165, 1.54) is 29.2 Å². The monoisotopic (exact) mass is 396 g/mol. The fourth-order valence-corrected chi connectivity index (χ4v) is 2.97. The molecule has 3 amide bonds. The van der Waals surface area contributed by atoms with Crippen molar-refractivity contribution in [2.75, 3.05) is 18.5 Å². The molecule has 0 bridgehead atoms. The van der Waals surface area contributed by atoms with Gasteiger partial charge in [-0.15, -0.1) is 0 Å². The van der Waals surface area contributed by atoms with Crippen molar-refractivity contribution in [3.05, 3.63) is 59.2 Å². The zero-order chi connectivity index (χ0) is 21.1. The first-order chi connectivity index (χ1) is 13.8. The molecule has 8 nitrogen and oxygen atoms in total. The summed E-state index contributed by atoms with van der Waals surface area (Å²) in [6.45, 7) is 3.65. The normalized spacial score (nSPS) is 12.9. The summed E-state index contributed by atoms with van der Waals surface area (Å²) in [4.78, 5) is 49.3. The number of hydrogen-bond acceptors (Lipinski definition) is 5. The Kier molecular flexibility index (Phi) is 5.63. The highest BCUT2D eigenvalue weighted by atomic mass is 16.5. The van der Waals surface area contributed by atoms with Crippen molar-refractivity contribution >= 4 is 29.4 Å². The summed E-state index contributed by atoms with van der Waals surface area (Å²) in [5.74, 6) is -1.90. The van der Waals surface area contributed by atoms with E-state index in [-0.39, 0.29) is 28.5 Å². The zero-order valence-electron chi connectivity index (χ0n) is 16.0. The van der Waals surface area contributed by atoms with Gasteiger partial charge in [0, 0.05) is 23.9 Å². The maximum atomic E-state index is 12.6. The molecule has 0 fully saturated rings. The van der Waals surface area contributed by atoms with Crippen molar-refractivity contribution in [3.8, 4) is 5.75 Å². The van der Waals surface area contributed by atoms with Gasteiger partial charge in [0.15, 0.2) is 6.61 Å². The summed E-state index contributed by atoms with van der Waals surface area (Å²) < 4.78 is 5.09. The molecule has 0 unspecified atom stereocenters. The average Bonchev–Trinajstić information content (AvgIpc) is 2.90. The van der Waals surface area contributed by atoms with Gasteiger partial charge in [-0.05, 0) is 36.2 Å². The highest BCUT2D eigenvalue weighted by Gasteiger charge is 2.36. The minimum Gasteiger partial charge on any atom is -0.482 e. The van der Waals surface area contributed by atoms with Crippen LogP contribution in [0, 0.1) is 5.92 Å². The van der Waals surface area contributed by atoms with Crippen LogP contribution in [-0.2, 0) is 4.79 Å². The number of carboxylic acid groups (broad SMARTS) is 1. The number of amides is 3. The molecule has 0 saturated heterocycles. The van der Waals surface area contributed by atoms with Crippen LogP contribution >= 0.6 is 0 Å². The quantitative estimate of drug-likeness (QED) is 0.696. The smallest absolute Gasteiger partial charge is 0.341 e. The molecule has 1 heterocycles. The topological polar surface area (TPSA) is 113 Å². The molecule has 29 heavy (non-hydrogen) atoms. The molecule has 2 N–H and O–H groups in total. The number of carbonyl (C=O) groups is 4. The number of ether oxygens (including phenoxy) is 1. The van der Waals surface area contributed by atoms with Crippen molar-refractivity contribution in [1.82, 2.24) is 4.90 Å². The van der Waals surface area contributed by atoms with Crippen LogP contribution in [0.2, 0.25) is 0 Å². The van der Waals surface area contributed by atoms with E-state index in [2.05, 4.69) is 5.32 Å². The van der Waals surface area contributed by atoms with Gasteiger partial charge in [-0.1, -0.05) is 19.9 Å². The number of hydrogen-bond donors (Lipinski definition) is 2. The van der Waals surface area contributed by atoms with Gasteiger partial charge >= 0.3 is 5.97 Å². The summed E-state index contributed by atoms with van der Waals surface area (Å²) in [7, 11) is 0. The lowest BCUT2D eigenvalue weighted by Crippen LogP contribution is -2.33. The molecule has 0 aromatic heterocycles. The number of nitrogens with one attached hydrogen (secondary N) is 1. The largest absolute Gasteiger partial charge is 0.482 e. The Morgan fingerprint density at radius 3 is 2.48 bits per heavy atom. The minimum atomic E-state index is -1.11. The van der Waals surface area contributed by atoms with E-state index in [9.17, 15) is 19.2 Å². The van der Waals surface area contributed by atoms with E-state index in [0.717, 1.165) is 0 Å². The second kappa shape index (κ2) is 8.14. The number of imide groups is 1. The fraction of sp³-hybridized carbons (Fsp3) is 0.238. The number of fused-ring (bicyclic) bond motifs is 1. The maximum absolute atomic E-state index is 12.6. The maximum Gasteiger partial charge on any atom is 0.341 e. The molecule has 150 valence electrons. The van der Waals surface area contributed by atoms with Crippen LogP contribution in [0.3, 0.4) is 0 Å². The summed E-state index contributed by atoms with van der Waals surface area (Å²) in [6, 6.07) is 10.7. The standard InChI is InChI=1S/C21H20N2O6/c1-12(2)10-23-20(27)16-7-6-13(8-17(16)21(23)28)19(26)22-14-4-3-5-15(9-14)29-11-18(24)25/h3-9,12H,10-11H2,1-2H3,(H,22,26)(H,24,25). The lowest BCUT2D eigenvalue weighted by atomic mass is 10.1. The van der Waals surface area contributed by atoms with Crippen molar-refractivity contribution in [3.63, 3.8) is 0 Å². The van der Waals surface area contributed by atoms with E-state index >= 15 is 0 Å². The number of benzene rings is 2. The Labute approximate surface area is 167 Å². The summed E-state index contributed by atoms with van der Waals surface area (Å²) in [5.41, 5.74) is 1.13. The Morgan fingerprint density at radius 1 is 1.07 bits per heavy atom. The second-order valence-electron chi connectivity index (χ2n) is 7.04. The van der Waals surface area contributed by atoms with Gasteiger partial charge in [-0.3, -0.25) is 19.3 Å². The van der Waals surface area contributed by atoms with Crippen LogP contribution in [0.4, 0.5) is 5.69 Å². The molecule has 1 aliphatic rings. The molecule has 3 rings (SSSR count). The molecule has 2 aromatic rings. The SMILES string of the molecule is CC(C)CN1C(=O)c2ccc(C(=O)Nc3cccc(OCC(=O)O)c3)cc2C1=O. The minimum absolute atomic E-state index is 0.135. The van der Waals surface area contributed by atoms with E-state index < -0.39 is 24.4 Å². The molecule has 1 aliphatic heterocycles. The van der Waals surface area contributed by atoms with Crippen molar-refractivity contribution < 1.29 is 29.0 Å². The van der Waals surface area contributed by atoms with Gasteiger partial charge in [0.2, 0.25) is 0 Å². The summed E-state index contributed by atoms with van der Waals surface area (Å²) >= 11 is 0. The second-order valence-corrected chi connectivity index (χ2v) is 7.04. The molecule has 0 atom stereocenters. The van der Waals surface area contributed by atoms with Crippen molar-refractivity contribution in [2.45, 2.75) is 13.8 Å². The molecule has 0 spiro atoms. The molecule has 0 radical (unpaired) electrons. The molecular formula is C21H20N2O6. The van der Waals surface area contributed by atoms with Crippen molar-refractivity contribution in [2.24, 2.45) is 5.92 Å². The van der Waals surface area contributed by atoms with Crippen LogP contribution in [0.15, 0.2) is 42.5 Å². The first-order valence-electron chi connectivity index (χ1n) is 9.02. The molecule has 8 heteroatoms. The number of anilines is 1. The third-order valence-corrected chi connectivity index (χ3v) is 4.23. The van der Waals surface area contributed by atoms with Crippen LogP contribution in [0.25, 0.3) is 0 Å². The molecular weight excluding hydrogens is 376 g/mol. The number of carboxylic acids is 1. The highest BCUT2D eigenvalue weighted by Crippen LogP contribution is 2.25. The first kappa shape index (κ1) is 20.1. The fourth-order valence-electron chi connectivity index (χ4n) is 2.97. The Balaban J connectivity index is 1.76. The van der Waals surface area contributed by atoms with Gasteiger partial charge in [0.05, 0.1) is 11.1 Å². The number of aliphatic carboxylic acids is 1. The lowest BCUT2D eigenvalue weighted by Gasteiger charge is -2.15. The van der Waals surface area contributed by atoms with E-state index in [1.54, 1.807) is 18.2 Å². The summed E-state index contributed by atoms with van der Waals surface area (Å²) in [5, 5.41) is 11.3. The first-order valence-corrected chi connectivity index (χ1v) is 9.02. The van der Waals surface area contributed by atoms with Crippen LogP contribution in [-0.4, -0.2) is 46.8 Å². The zero-order valence-corrected chi connectivity index (χ0v) is 16.0. The Hall–Kier alpha value is -3.68. The summed E-state index contributed by atoms with van der Waals surface area (Å²) in [6.07, 6.45) is 0. The third kappa shape index (κ3) is 4.43. The lowest BCUT2D eigenvalue weighted by molar-refractivity contribution is -0.139. The van der Waals surface area contributed by atoms with E-state index in [0.29, 0.717) is 18.0 Å². The Bertz CT molecular complexity index is 998. The van der Waals surface area contributed by atoms with E-state index in [1.807, 2.05) is 13.8 Å². The number of rotatable bonds is 7. The van der Waals surface area contributed by atoms with Crippen LogP contribution in [0.5, 0.6) is 5.75 Å². The van der Waals surface area contributed by atoms with Gasteiger partial charge in [-0.25, -0.2) is 4.79 Å². The third-order valence-electron chi connectivity index (χ3n) is 4.23. The van der Waals surface area contributed by atoms with Crippen LogP contribution in [0.1, 0.15) is 44.9 Å². The number of nitrogens with zero attached hydrogens (tertiary/aromatic N) is 1. The Morgan fingerprint density at radius 2 is 1.79 bits per heavy atom. The van der Waals surface area contributed by atoms with E-state index in [4.69, 9.17) is 9.84 Å². The number of carbonyl (C=O) groups excluding carboxylic acids is 3. The highest BCUT2D eigenvalue weighted by molar-refractivity contribution is 6.22. The van der Waals surface area contributed by atoms with Gasteiger partial charge < -0.3 is 15.2 Å². The predicted molar refractivity (Wildman–Crippen MR) is 104 cm³/mol. The van der Waals surface area contributed by atoms with Gasteiger partial charge in [0.25, 0.3) is 17.7 Å². The predicted octanol–water partition coefficient (Wildman–Crippen LogP) is 2.65. The average molecular weight is 396 g/mol. The van der Waals surface area contributed by atoms with Gasteiger partial charge in [0.1, 0.15) is 5.75 Å².